The number of carbonyl (C=O) groups excluding carboxylic acids is 1. The van der Waals surface area contributed by atoms with Crippen LogP contribution in [0.5, 0.6) is 5.75 Å². The summed E-state index contributed by atoms with van der Waals surface area (Å²) >= 11 is 0. The second kappa shape index (κ2) is 7.60. The van der Waals surface area contributed by atoms with E-state index in [1.54, 1.807) is 36.4 Å². The molecule has 2 atom stereocenters. The number of hydrogen-bond acceptors (Lipinski definition) is 4. The van der Waals surface area contributed by atoms with Crippen LogP contribution in [-0.4, -0.2) is 31.8 Å². The monoisotopic (exact) mass is 373 g/mol. The van der Waals surface area contributed by atoms with Crippen molar-refractivity contribution in [1.82, 2.24) is 4.31 Å². The van der Waals surface area contributed by atoms with Crippen LogP contribution in [0.15, 0.2) is 59.5 Å². The van der Waals surface area contributed by atoms with Crippen LogP contribution in [0.1, 0.15) is 30.6 Å². The molecular weight excluding hydrogens is 350 g/mol. The second-order valence-corrected chi connectivity index (χ2v) is 8.94. The average molecular weight is 373 g/mol. The van der Waals surface area contributed by atoms with E-state index in [0.717, 1.165) is 6.42 Å². The van der Waals surface area contributed by atoms with E-state index in [2.05, 4.69) is 13.8 Å². The molecule has 2 aromatic rings. The van der Waals surface area contributed by atoms with Gasteiger partial charge >= 0.3 is 5.97 Å². The molecule has 5 nitrogen and oxygen atoms in total. The fourth-order valence-corrected chi connectivity index (χ4v) is 5.12. The van der Waals surface area contributed by atoms with E-state index in [-0.39, 0.29) is 10.5 Å². The molecule has 2 aromatic carbocycles. The van der Waals surface area contributed by atoms with Crippen molar-refractivity contribution in [2.75, 3.05) is 13.1 Å². The predicted octanol–water partition coefficient (Wildman–Crippen LogP) is 3.57. The Bertz CT molecular complexity index is 870. The van der Waals surface area contributed by atoms with Crippen molar-refractivity contribution in [3.63, 3.8) is 0 Å². The summed E-state index contributed by atoms with van der Waals surface area (Å²) in [4.78, 5) is 12.5. The molecule has 1 aliphatic rings. The second-order valence-electron chi connectivity index (χ2n) is 7.00. The van der Waals surface area contributed by atoms with Gasteiger partial charge in [-0.1, -0.05) is 38.1 Å². The summed E-state index contributed by atoms with van der Waals surface area (Å²) in [5, 5.41) is 0. The Hall–Kier alpha value is -2.18. The van der Waals surface area contributed by atoms with Crippen molar-refractivity contribution in [2.45, 2.75) is 25.2 Å². The molecule has 1 heterocycles. The molecule has 0 spiro atoms. The zero-order valence-electron chi connectivity index (χ0n) is 15.0. The highest BCUT2D eigenvalue weighted by Crippen LogP contribution is 2.27. The number of carbonyl (C=O) groups is 1. The van der Waals surface area contributed by atoms with Gasteiger partial charge in [0.05, 0.1) is 10.5 Å². The number of nitrogens with zero attached hydrogens (tertiary/aromatic N) is 1. The maximum absolute atomic E-state index is 13.0. The van der Waals surface area contributed by atoms with Crippen LogP contribution in [0.2, 0.25) is 0 Å². The molecule has 1 aliphatic heterocycles. The first kappa shape index (κ1) is 18.6. The van der Waals surface area contributed by atoms with Gasteiger partial charge < -0.3 is 4.74 Å². The Morgan fingerprint density at radius 1 is 1.00 bits per heavy atom. The Labute approximate surface area is 154 Å². The van der Waals surface area contributed by atoms with Crippen molar-refractivity contribution < 1.29 is 17.9 Å². The zero-order valence-corrected chi connectivity index (χ0v) is 15.8. The maximum atomic E-state index is 13.0. The highest BCUT2D eigenvalue weighted by molar-refractivity contribution is 7.89. The first-order valence-corrected chi connectivity index (χ1v) is 10.2. The predicted molar refractivity (Wildman–Crippen MR) is 99.5 cm³/mol. The third-order valence-corrected chi connectivity index (χ3v) is 6.32. The number of esters is 1. The summed E-state index contributed by atoms with van der Waals surface area (Å²) < 4.78 is 32.8. The summed E-state index contributed by atoms with van der Waals surface area (Å²) in [6.07, 6.45) is 1.02. The average Bonchev–Trinajstić information content (AvgIpc) is 2.62. The van der Waals surface area contributed by atoms with Gasteiger partial charge in [-0.15, -0.1) is 0 Å². The Balaban J connectivity index is 1.83. The van der Waals surface area contributed by atoms with Crippen LogP contribution < -0.4 is 4.74 Å². The first-order chi connectivity index (χ1) is 12.4. The highest BCUT2D eigenvalue weighted by atomic mass is 32.2. The lowest BCUT2D eigenvalue weighted by atomic mass is 9.94. The topological polar surface area (TPSA) is 63.7 Å². The summed E-state index contributed by atoms with van der Waals surface area (Å²) in [5.74, 6) is 0.484. The van der Waals surface area contributed by atoms with Gasteiger partial charge in [-0.25, -0.2) is 13.2 Å². The molecule has 0 saturated carbocycles. The minimum Gasteiger partial charge on any atom is -0.423 e. The van der Waals surface area contributed by atoms with Crippen LogP contribution >= 0.6 is 0 Å². The summed E-state index contributed by atoms with van der Waals surface area (Å²) in [6.45, 7) is 5.13. The molecule has 138 valence electrons. The van der Waals surface area contributed by atoms with Gasteiger partial charge in [0, 0.05) is 13.1 Å². The number of hydrogen-bond donors (Lipinski definition) is 0. The van der Waals surface area contributed by atoms with Crippen LogP contribution in [0.3, 0.4) is 0 Å². The van der Waals surface area contributed by atoms with Gasteiger partial charge in [0.1, 0.15) is 5.75 Å². The van der Waals surface area contributed by atoms with E-state index in [4.69, 9.17) is 4.74 Å². The molecule has 1 fully saturated rings. The molecule has 0 N–H and O–H groups in total. The van der Waals surface area contributed by atoms with Crippen molar-refractivity contribution in [1.29, 1.82) is 0 Å². The third kappa shape index (κ3) is 4.14. The molecule has 1 saturated heterocycles. The van der Waals surface area contributed by atoms with E-state index in [0.29, 0.717) is 30.7 Å². The minimum atomic E-state index is -3.63. The smallest absolute Gasteiger partial charge is 0.343 e. The number of benzene rings is 2. The quantitative estimate of drug-likeness (QED) is 0.607. The first-order valence-electron chi connectivity index (χ1n) is 8.73. The van der Waals surface area contributed by atoms with Crippen LogP contribution in [0.4, 0.5) is 0 Å². The standard InChI is InChI=1S/C20H23NO4S/c1-15-11-16(2)14-21(13-15)26(23,24)19-10-6-7-17(12-19)20(22)25-18-8-4-3-5-9-18/h3-10,12,15-16H,11,13-14H2,1-2H3. The molecular formula is C20H23NO4S. The van der Waals surface area contributed by atoms with Gasteiger partial charge in [0.15, 0.2) is 0 Å². The number of rotatable bonds is 4. The Morgan fingerprint density at radius 2 is 1.65 bits per heavy atom. The SMILES string of the molecule is CC1CC(C)CN(S(=O)(=O)c2cccc(C(=O)Oc3ccccc3)c2)C1. The molecule has 0 radical (unpaired) electrons. The molecule has 26 heavy (non-hydrogen) atoms. The van der Waals surface area contributed by atoms with Crippen LogP contribution in [-0.2, 0) is 10.0 Å². The number of piperidine rings is 1. The Kier molecular flexibility index (Phi) is 5.44. The number of ether oxygens (including phenoxy) is 1. The number of para-hydroxylation sites is 1. The summed E-state index contributed by atoms with van der Waals surface area (Å²) in [7, 11) is -3.63. The lowest BCUT2D eigenvalue weighted by Crippen LogP contribution is -2.42. The zero-order chi connectivity index (χ0) is 18.7. The molecule has 0 bridgehead atoms. The van der Waals surface area contributed by atoms with Gasteiger partial charge in [-0.3, -0.25) is 0 Å². The van der Waals surface area contributed by atoms with Crippen LogP contribution in [0.25, 0.3) is 0 Å². The molecule has 6 heteroatoms. The maximum Gasteiger partial charge on any atom is 0.343 e. The fraction of sp³-hybridized carbons (Fsp3) is 0.350. The van der Waals surface area contributed by atoms with E-state index in [1.165, 1.54) is 16.4 Å². The third-order valence-electron chi connectivity index (χ3n) is 4.50. The normalized spacial score (nSPS) is 21.3. The largest absolute Gasteiger partial charge is 0.423 e. The van der Waals surface area contributed by atoms with Crippen molar-refractivity contribution in [3.8, 4) is 5.75 Å². The molecule has 0 aromatic heterocycles. The van der Waals surface area contributed by atoms with Crippen molar-refractivity contribution >= 4 is 16.0 Å². The minimum absolute atomic E-state index is 0.126. The Morgan fingerprint density at radius 3 is 2.31 bits per heavy atom. The summed E-state index contributed by atoms with van der Waals surface area (Å²) in [6, 6.07) is 14.8. The van der Waals surface area contributed by atoms with E-state index in [1.807, 2.05) is 6.07 Å². The lowest BCUT2D eigenvalue weighted by molar-refractivity contribution is 0.0734. The fourth-order valence-electron chi connectivity index (χ4n) is 3.39. The lowest BCUT2D eigenvalue weighted by Gasteiger charge is -2.34. The van der Waals surface area contributed by atoms with Gasteiger partial charge in [0.2, 0.25) is 10.0 Å². The molecule has 3 rings (SSSR count). The van der Waals surface area contributed by atoms with Crippen molar-refractivity contribution in [2.24, 2.45) is 11.8 Å². The van der Waals surface area contributed by atoms with Gasteiger partial charge in [0.25, 0.3) is 0 Å². The van der Waals surface area contributed by atoms with Gasteiger partial charge in [-0.2, -0.15) is 4.31 Å². The molecule has 0 amide bonds. The van der Waals surface area contributed by atoms with E-state index >= 15 is 0 Å². The van der Waals surface area contributed by atoms with Crippen molar-refractivity contribution in [3.05, 3.63) is 60.2 Å². The highest BCUT2D eigenvalue weighted by Gasteiger charge is 2.32. The summed E-state index contributed by atoms with van der Waals surface area (Å²) in [5.41, 5.74) is 0.216. The number of sulfonamides is 1. The van der Waals surface area contributed by atoms with Gasteiger partial charge in [-0.05, 0) is 48.6 Å². The van der Waals surface area contributed by atoms with E-state index in [9.17, 15) is 13.2 Å². The molecule has 0 aliphatic carbocycles. The van der Waals surface area contributed by atoms with E-state index < -0.39 is 16.0 Å². The van der Waals surface area contributed by atoms with Crippen LogP contribution in [0, 0.1) is 11.8 Å². The molecule has 2 unspecified atom stereocenters.